The lowest BCUT2D eigenvalue weighted by Gasteiger charge is -2.23. The Hall–Kier alpha value is -3.49. The predicted molar refractivity (Wildman–Crippen MR) is 112 cm³/mol. The van der Waals surface area contributed by atoms with Crippen LogP contribution in [0.25, 0.3) is 0 Å². The van der Waals surface area contributed by atoms with Crippen molar-refractivity contribution in [2.24, 2.45) is 0 Å². The SMILES string of the molecule is CCN(C(=O)CCc1ccco1)c1ccc(NC(=O)CCc2ccco2)c(C(F)(F)F)c1. The van der Waals surface area contributed by atoms with E-state index in [4.69, 9.17) is 8.83 Å². The summed E-state index contributed by atoms with van der Waals surface area (Å²) in [7, 11) is 0. The molecule has 0 radical (unpaired) electrons. The van der Waals surface area contributed by atoms with Gasteiger partial charge >= 0.3 is 6.18 Å². The number of benzene rings is 1. The van der Waals surface area contributed by atoms with Crippen molar-refractivity contribution in [2.45, 2.75) is 38.8 Å². The first-order chi connectivity index (χ1) is 15.3. The fourth-order valence-corrected chi connectivity index (χ4v) is 3.27. The molecule has 3 aromatic rings. The van der Waals surface area contributed by atoms with Crippen LogP contribution in [0.2, 0.25) is 0 Å². The summed E-state index contributed by atoms with van der Waals surface area (Å²) in [4.78, 5) is 26.1. The summed E-state index contributed by atoms with van der Waals surface area (Å²) < 4.78 is 51.5. The van der Waals surface area contributed by atoms with Gasteiger partial charge in [0.25, 0.3) is 0 Å². The van der Waals surface area contributed by atoms with Crippen molar-refractivity contribution in [1.82, 2.24) is 0 Å². The molecule has 0 fully saturated rings. The standard InChI is InChI=1S/C23H23F3N2O4/c1-2-28(22(30)12-9-18-6-4-14-32-18)16-7-10-20(19(15-16)23(24,25)26)27-21(29)11-8-17-5-3-13-31-17/h3-7,10,13-15H,2,8-9,11-12H2,1H3,(H,27,29). The molecule has 0 bridgehead atoms. The summed E-state index contributed by atoms with van der Waals surface area (Å²) in [5, 5.41) is 2.32. The molecule has 1 aromatic carbocycles. The molecule has 170 valence electrons. The molecule has 0 saturated heterocycles. The quantitative estimate of drug-likeness (QED) is 0.472. The average molecular weight is 448 g/mol. The van der Waals surface area contributed by atoms with Crippen molar-refractivity contribution in [3.8, 4) is 0 Å². The van der Waals surface area contributed by atoms with Crippen LogP contribution in [-0.4, -0.2) is 18.4 Å². The third-order valence-electron chi connectivity index (χ3n) is 4.86. The molecular formula is C23H23F3N2O4. The number of nitrogens with zero attached hydrogens (tertiary/aromatic N) is 1. The number of alkyl halides is 3. The maximum Gasteiger partial charge on any atom is 0.418 e. The molecule has 2 aromatic heterocycles. The lowest BCUT2D eigenvalue weighted by atomic mass is 10.1. The summed E-state index contributed by atoms with van der Waals surface area (Å²) >= 11 is 0. The van der Waals surface area contributed by atoms with E-state index in [-0.39, 0.29) is 43.1 Å². The minimum absolute atomic E-state index is 0.0289. The minimum atomic E-state index is -4.71. The highest BCUT2D eigenvalue weighted by atomic mass is 19.4. The summed E-state index contributed by atoms with van der Waals surface area (Å²) in [6.07, 6.45) is -1.08. The maximum absolute atomic E-state index is 13.7. The van der Waals surface area contributed by atoms with Crippen molar-refractivity contribution in [1.29, 1.82) is 0 Å². The number of rotatable bonds is 9. The Morgan fingerprint density at radius 3 is 2.12 bits per heavy atom. The first kappa shape index (κ1) is 23.2. The van der Waals surface area contributed by atoms with Crippen LogP contribution < -0.4 is 10.2 Å². The van der Waals surface area contributed by atoms with Gasteiger partial charge < -0.3 is 19.1 Å². The Kier molecular flexibility index (Phi) is 7.40. The Morgan fingerprint density at radius 1 is 0.969 bits per heavy atom. The van der Waals surface area contributed by atoms with Crippen LogP contribution in [0.1, 0.15) is 36.8 Å². The van der Waals surface area contributed by atoms with E-state index in [2.05, 4.69) is 5.32 Å². The summed E-state index contributed by atoms with van der Waals surface area (Å²) in [5.41, 5.74) is -1.26. The minimum Gasteiger partial charge on any atom is -0.469 e. The van der Waals surface area contributed by atoms with Crippen LogP contribution in [-0.2, 0) is 28.6 Å². The second-order valence-corrected chi connectivity index (χ2v) is 7.07. The average Bonchev–Trinajstić information content (AvgIpc) is 3.45. The van der Waals surface area contributed by atoms with E-state index in [0.717, 1.165) is 6.07 Å². The van der Waals surface area contributed by atoms with Crippen LogP contribution in [0.3, 0.4) is 0 Å². The lowest BCUT2D eigenvalue weighted by Crippen LogP contribution is -2.31. The molecule has 2 heterocycles. The van der Waals surface area contributed by atoms with Crippen LogP contribution in [0.4, 0.5) is 24.5 Å². The van der Waals surface area contributed by atoms with E-state index < -0.39 is 17.6 Å². The zero-order chi connectivity index (χ0) is 23.1. The molecular weight excluding hydrogens is 425 g/mol. The Labute approximate surface area is 183 Å². The zero-order valence-corrected chi connectivity index (χ0v) is 17.4. The van der Waals surface area contributed by atoms with Crippen molar-refractivity contribution < 1.29 is 31.6 Å². The normalized spacial score (nSPS) is 11.4. The van der Waals surface area contributed by atoms with Gasteiger partial charge in [-0.1, -0.05) is 0 Å². The molecule has 0 spiro atoms. The van der Waals surface area contributed by atoms with E-state index in [1.807, 2.05) is 0 Å². The number of carbonyl (C=O) groups excluding carboxylic acids is 2. The van der Waals surface area contributed by atoms with Gasteiger partial charge in [0, 0.05) is 37.9 Å². The number of nitrogens with one attached hydrogen (secondary N) is 1. The van der Waals surface area contributed by atoms with E-state index in [9.17, 15) is 22.8 Å². The topological polar surface area (TPSA) is 75.7 Å². The van der Waals surface area contributed by atoms with Crippen LogP contribution in [0, 0.1) is 0 Å². The fraction of sp³-hybridized carbons (Fsp3) is 0.304. The molecule has 0 saturated carbocycles. The molecule has 9 heteroatoms. The molecule has 0 aliphatic heterocycles. The van der Waals surface area contributed by atoms with E-state index in [1.54, 1.807) is 31.2 Å². The summed E-state index contributed by atoms with van der Waals surface area (Å²) in [5.74, 6) is 0.296. The van der Waals surface area contributed by atoms with Crippen molar-refractivity contribution >= 4 is 23.2 Å². The lowest BCUT2D eigenvalue weighted by molar-refractivity contribution is -0.137. The van der Waals surface area contributed by atoms with Gasteiger partial charge in [0.05, 0.1) is 23.8 Å². The van der Waals surface area contributed by atoms with Crippen molar-refractivity contribution in [2.75, 3.05) is 16.8 Å². The molecule has 3 rings (SSSR count). The molecule has 0 unspecified atom stereocenters. The maximum atomic E-state index is 13.7. The van der Waals surface area contributed by atoms with Gasteiger partial charge in [0.15, 0.2) is 0 Å². The number of hydrogen-bond donors (Lipinski definition) is 1. The molecule has 0 aliphatic rings. The number of halogens is 3. The van der Waals surface area contributed by atoms with E-state index >= 15 is 0 Å². The second-order valence-electron chi connectivity index (χ2n) is 7.07. The highest BCUT2D eigenvalue weighted by Gasteiger charge is 2.35. The van der Waals surface area contributed by atoms with Gasteiger partial charge in [0.2, 0.25) is 11.8 Å². The van der Waals surface area contributed by atoms with Gasteiger partial charge in [-0.25, -0.2) is 0 Å². The molecule has 1 N–H and O–H groups in total. The van der Waals surface area contributed by atoms with Gasteiger partial charge in [-0.3, -0.25) is 9.59 Å². The third-order valence-corrected chi connectivity index (χ3v) is 4.86. The number of carbonyl (C=O) groups is 2. The number of aryl methyl sites for hydroxylation is 2. The van der Waals surface area contributed by atoms with E-state index in [1.165, 1.54) is 29.6 Å². The zero-order valence-electron chi connectivity index (χ0n) is 17.4. The Bertz CT molecular complexity index is 1030. The van der Waals surface area contributed by atoms with Gasteiger partial charge in [-0.15, -0.1) is 0 Å². The number of hydrogen-bond acceptors (Lipinski definition) is 4. The summed E-state index contributed by atoms with van der Waals surface area (Å²) in [6, 6.07) is 10.2. The smallest absolute Gasteiger partial charge is 0.418 e. The van der Waals surface area contributed by atoms with Crippen LogP contribution in [0.5, 0.6) is 0 Å². The largest absolute Gasteiger partial charge is 0.469 e. The molecule has 32 heavy (non-hydrogen) atoms. The third kappa shape index (κ3) is 6.03. The van der Waals surface area contributed by atoms with Gasteiger partial charge in [-0.05, 0) is 49.4 Å². The number of furan rings is 2. The second kappa shape index (κ2) is 10.2. The predicted octanol–water partition coefficient (Wildman–Crippen LogP) is 5.45. The number of amides is 2. The number of anilines is 2. The first-order valence-electron chi connectivity index (χ1n) is 10.1. The molecule has 0 atom stereocenters. The monoisotopic (exact) mass is 448 g/mol. The van der Waals surface area contributed by atoms with Crippen LogP contribution >= 0.6 is 0 Å². The Morgan fingerprint density at radius 2 is 1.59 bits per heavy atom. The van der Waals surface area contributed by atoms with Crippen molar-refractivity contribution in [3.63, 3.8) is 0 Å². The first-order valence-corrected chi connectivity index (χ1v) is 10.1. The molecule has 0 aliphatic carbocycles. The van der Waals surface area contributed by atoms with Crippen molar-refractivity contribution in [3.05, 3.63) is 72.1 Å². The van der Waals surface area contributed by atoms with Gasteiger partial charge in [0.1, 0.15) is 11.5 Å². The summed E-state index contributed by atoms with van der Waals surface area (Å²) in [6.45, 7) is 1.88. The fourth-order valence-electron chi connectivity index (χ4n) is 3.27. The van der Waals surface area contributed by atoms with Crippen LogP contribution in [0.15, 0.2) is 63.8 Å². The van der Waals surface area contributed by atoms with Gasteiger partial charge in [-0.2, -0.15) is 13.2 Å². The Balaban J connectivity index is 1.74. The van der Waals surface area contributed by atoms with E-state index in [0.29, 0.717) is 17.9 Å². The molecule has 2 amide bonds. The molecule has 6 nitrogen and oxygen atoms in total. The highest BCUT2D eigenvalue weighted by Crippen LogP contribution is 2.37. The highest BCUT2D eigenvalue weighted by molar-refractivity contribution is 5.95.